The van der Waals surface area contributed by atoms with Gasteiger partial charge in [-0.2, -0.15) is 0 Å². The van der Waals surface area contributed by atoms with Gasteiger partial charge in [0.05, 0.1) is 18.4 Å². The first-order valence-electron chi connectivity index (χ1n) is 5.95. The van der Waals surface area contributed by atoms with E-state index in [4.69, 9.17) is 11.5 Å². The molecule has 19 heavy (non-hydrogen) atoms. The highest BCUT2D eigenvalue weighted by atomic mass is 16.5. The van der Waals surface area contributed by atoms with Gasteiger partial charge >= 0.3 is 5.97 Å². The first-order chi connectivity index (χ1) is 9.06. The topological polar surface area (TPSA) is 112 Å². The number of esters is 1. The fourth-order valence-corrected chi connectivity index (χ4v) is 2.30. The maximum atomic E-state index is 11.6. The van der Waals surface area contributed by atoms with Gasteiger partial charge in [0.15, 0.2) is 5.82 Å². The summed E-state index contributed by atoms with van der Waals surface area (Å²) in [6.07, 6.45) is 2.96. The number of rotatable bonds is 3. The molecule has 0 radical (unpaired) electrons. The van der Waals surface area contributed by atoms with E-state index in [0.29, 0.717) is 18.8 Å². The molecule has 102 valence electrons. The van der Waals surface area contributed by atoms with Crippen LogP contribution in [0.5, 0.6) is 0 Å². The third-order valence-corrected chi connectivity index (χ3v) is 3.23. The zero-order valence-corrected chi connectivity index (χ0v) is 10.6. The summed E-state index contributed by atoms with van der Waals surface area (Å²) in [5, 5.41) is 0. The number of primary amides is 1. The zero-order valence-electron chi connectivity index (χ0n) is 10.6. The first kappa shape index (κ1) is 13.1. The van der Waals surface area contributed by atoms with E-state index >= 15 is 0 Å². The van der Waals surface area contributed by atoms with Crippen molar-refractivity contribution in [3.63, 3.8) is 0 Å². The molecule has 0 aliphatic carbocycles. The Bertz CT molecular complexity index is 518. The molecule has 1 amide bonds. The van der Waals surface area contributed by atoms with Crippen molar-refractivity contribution < 1.29 is 14.3 Å². The van der Waals surface area contributed by atoms with Crippen LogP contribution in [0.4, 0.5) is 11.5 Å². The zero-order chi connectivity index (χ0) is 14.0. The second kappa shape index (κ2) is 5.13. The Morgan fingerprint density at radius 2 is 2.26 bits per heavy atom. The van der Waals surface area contributed by atoms with Gasteiger partial charge in [0, 0.05) is 12.7 Å². The number of carbonyl (C=O) groups is 2. The van der Waals surface area contributed by atoms with Crippen LogP contribution >= 0.6 is 0 Å². The molecule has 2 rings (SSSR count). The number of carbonyl (C=O) groups excluding carboxylic acids is 2. The van der Waals surface area contributed by atoms with Crippen molar-refractivity contribution in [3.05, 3.63) is 17.8 Å². The quantitative estimate of drug-likeness (QED) is 0.738. The van der Waals surface area contributed by atoms with Crippen LogP contribution in [0, 0.1) is 0 Å². The molecular formula is C12H16N4O3. The summed E-state index contributed by atoms with van der Waals surface area (Å²) in [4.78, 5) is 28.9. The van der Waals surface area contributed by atoms with Crippen LogP contribution in [0.25, 0.3) is 0 Å². The largest absolute Gasteiger partial charge is 0.465 e. The SMILES string of the molecule is COC(=O)c1ccnc(N2CCCC2C(N)=O)c1N. The van der Waals surface area contributed by atoms with Crippen LogP contribution in [0.15, 0.2) is 12.3 Å². The molecule has 0 saturated carbocycles. The van der Waals surface area contributed by atoms with Crippen LogP contribution in [-0.4, -0.2) is 36.6 Å². The molecule has 4 N–H and O–H groups in total. The number of methoxy groups -OCH3 is 1. The molecule has 1 fully saturated rings. The van der Waals surface area contributed by atoms with Gasteiger partial charge in [0.2, 0.25) is 5.91 Å². The van der Waals surface area contributed by atoms with Gasteiger partial charge < -0.3 is 21.1 Å². The maximum Gasteiger partial charge on any atom is 0.340 e. The van der Waals surface area contributed by atoms with E-state index in [1.807, 2.05) is 0 Å². The normalized spacial score (nSPS) is 18.4. The second-order valence-electron chi connectivity index (χ2n) is 4.34. The van der Waals surface area contributed by atoms with Gasteiger partial charge in [-0.15, -0.1) is 0 Å². The lowest BCUT2D eigenvalue weighted by Gasteiger charge is -2.25. The third-order valence-electron chi connectivity index (χ3n) is 3.23. The summed E-state index contributed by atoms with van der Waals surface area (Å²) in [6, 6.07) is 1.06. The fraction of sp³-hybridized carbons (Fsp3) is 0.417. The Hall–Kier alpha value is -2.31. The van der Waals surface area contributed by atoms with E-state index in [0.717, 1.165) is 6.42 Å². The molecule has 1 saturated heterocycles. The van der Waals surface area contributed by atoms with Crippen molar-refractivity contribution in [1.29, 1.82) is 0 Å². The Labute approximate surface area is 110 Å². The molecule has 0 spiro atoms. The van der Waals surface area contributed by atoms with Gasteiger partial charge in [0.1, 0.15) is 6.04 Å². The van der Waals surface area contributed by atoms with E-state index in [1.54, 1.807) is 4.90 Å². The van der Waals surface area contributed by atoms with Gasteiger partial charge in [-0.25, -0.2) is 9.78 Å². The standard InChI is InChI=1S/C12H16N4O3/c1-19-12(18)7-4-5-15-11(9(7)13)16-6-2-3-8(16)10(14)17/h4-5,8H,2-3,6,13H2,1H3,(H2,14,17). The second-order valence-corrected chi connectivity index (χ2v) is 4.34. The third kappa shape index (κ3) is 2.31. The fourth-order valence-electron chi connectivity index (χ4n) is 2.30. The lowest BCUT2D eigenvalue weighted by Crippen LogP contribution is -2.41. The monoisotopic (exact) mass is 264 g/mol. The maximum absolute atomic E-state index is 11.6. The lowest BCUT2D eigenvalue weighted by atomic mass is 10.2. The van der Waals surface area contributed by atoms with Crippen molar-refractivity contribution >= 4 is 23.4 Å². The Balaban J connectivity index is 2.40. The smallest absolute Gasteiger partial charge is 0.340 e. The van der Waals surface area contributed by atoms with E-state index < -0.39 is 17.9 Å². The van der Waals surface area contributed by atoms with Crippen LogP contribution in [0.2, 0.25) is 0 Å². The van der Waals surface area contributed by atoms with Crippen molar-refractivity contribution in [2.75, 3.05) is 24.3 Å². The summed E-state index contributed by atoms with van der Waals surface area (Å²) < 4.78 is 4.65. The molecule has 1 unspecified atom stereocenters. The summed E-state index contributed by atoms with van der Waals surface area (Å²) in [5.41, 5.74) is 11.8. The molecule has 1 aliphatic heterocycles. The minimum Gasteiger partial charge on any atom is -0.465 e. The Morgan fingerprint density at radius 3 is 2.89 bits per heavy atom. The average molecular weight is 264 g/mol. The number of hydrogen-bond donors (Lipinski definition) is 2. The van der Waals surface area contributed by atoms with Gasteiger partial charge in [-0.3, -0.25) is 4.79 Å². The van der Waals surface area contributed by atoms with Gasteiger partial charge in [0.25, 0.3) is 0 Å². The predicted octanol–water partition coefficient (Wildman–Crippen LogP) is -0.0955. The molecule has 7 heteroatoms. The molecule has 1 aliphatic rings. The number of hydrogen-bond acceptors (Lipinski definition) is 6. The van der Waals surface area contributed by atoms with Crippen molar-refractivity contribution in [2.45, 2.75) is 18.9 Å². The highest BCUT2D eigenvalue weighted by molar-refractivity contribution is 5.98. The van der Waals surface area contributed by atoms with Gasteiger partial charge in [-0.05, 0) is 18.9 Å². The number of nitrogens with zero attached hydrogens (tertiary/aromatic N) is 2. The summed E-state index contributed by atoms with van der Waals surface area (Å²) in [7, 11) is 1.28. The number of pyridine rings is 1. The highest BCUT2D eigenvalue weighted by Crippen LogP contribution is 2.30. The molecule has 1 aromatic heterocycles. The molecule has 1 atom stereocenters. The van der Waals surface area contributed by atoms with Crippen LogP contribution < -0.4 is 16.4 Å². The van der Waals surface area contributed by atoms with E-state index in [2.05, 4.69) is 9.72 Å². The van der Waals surface area contributed by atoms with Crippen molar-refractivity contribution in [3.8, 4) is 0 Å². The summed E-state index contributed by atoms with van der Waals surface area (Å²) >= 11 is 0. The molecule has 1 aromatic rings. The lowest BCUT2D eigenvalue weighted by molar-refractivity contribution is -0.119. The summed E-state index contributed by atoms with van der Waals surface area (Å²) in [5.74, 6) is -0.539. The number of ether oxygens (including phenoxy) is 1. The number of aromatic nitrogens is 1. The number of anilines is 2. The number of nitrogen functional groups attached to an aromatic ring is 1. The summed E-state index contributed by atoms with van der Waals surface area (Å²) in [6.45, 7) is 0.634. The number of amides is 1. The predicted molar refractivity (Wildman–Crippen MR) is 69.6 cm³/mol. The Morgan fingerprint density at radius 1 is 1.53 bits per heavy atom. The van der Waals surface area contributed by atoms with E-state index in [1.165, 1.54) is 19.4 Å². The molecule has 7 nitrogen and oxygen atoms in total. The van der Waals surface area contributed by atoms with Crippen LogP contribution in [0.1, 0.15) is 23.2 Å². The van der Waals surface area contributed by atoms with Crippen LogP contribution in [0.3, 0.4) is 0 Å². The van der Waals surface area contributed by atoms with E-state index in [-0.39, 0.29) is 11.3 Å². The molecule has 0 bridgehead atoms. The average Bonchev–Trinajstić information content (AvgIpc) is 2.87. The van der Waals surface area contributed by atoms with Crippen molar-refractivity contribution in [1.82, 2.24) is 4.98 Å². The van der Waals surface area contributed by atoms with Crippen LogP contribution in [-0.2, 0) is 9.53 Å². The van der Waals surface area contributed by atoms with E-state index in [9.17, 15) is 9.59 Å². The highest BCUT2D eigenvalue weighted by Gasteiger charge is 2.32. The first-order valence-corrected chi connectivity index (χ1v) is 5.95. The van der Waals surface area contributed by atoms with Crippen molar-refractivity contribution in [2.24, 2.45) is 5.73 Å². The Kier molecular flexibility index (Phi) is 3.55. The molecule has 2 heterocycles. The molecule has 0 aromatic carbocycles. The molecular weight excluding hydrogens is 248 g/mol. The number of nitrogens with two attached hydrogens (primary N) is 2. The minimum atomic E-state index is -0.532. The minimum absolute atomic E-state index is 0.211. The van der Waals surface area contributed by atoms with Gasteiger partial charge in [-0.1, -0.05) is 0 Å².